The number of aryl methyl sites for hydroxylation is 2. The van der Waals surface area contributed by atoms with Crippen molar-refractivity contribution in [3.63, 3.8) is 0 Å². The predicted octanol–water partition coefficient (Wildman–Crippen LogP) is 2.62. The van der Waals surface area contributed by atoms with Crippen molar-refractivity contribution < 1.29 is 5.11 Å². The van der Waals surface area contributed by atoms with E-state index >= 15 is 0 Å². The number of aliphatic hydroxyl groups is 1. The van der Waals surface area contributed by atoms with Crippen molar-refractivity contribution in [2.75, 3.05) is 0 Å². The van der Waals surface area contributed by atoms with Crippen molar-refractivity contribution in [3.8, 4) is 0 Å². The zero-order chi connectivity index (χ0) is 13.0. The van der Waals surface area contributed by atoms with E-state index in [1.165, 1.54) is 5.56 Å². The molecule has 3 heteroatoms. The Morgan fingerprint density at radius 3 is 2.67 bits per heavy atom. The van der Waals surface area contributed by atoms with Crippen LogP contribution in [-0.2, 0) is 12.8 Å². The number of pyridine rings is 2. The fourth-order valence-electron chi connectivity index (χ4n) is 1.84. The summed E-state index contributed by atoms with van der Waals surface area (Å²) in [6.45, 7) is 4.02. The van der Waals surface area contributed by atoms with Gasteiger partial charge in [0, 0.05) is 24.0 Å². The summed E-state index contributed by atoms with van der Waals surface area (Å²) in [7, 11) is 0. The molecule has 0 radical (unpaired) electrons. The lowest BCUT2D eigenvalue weighted by Gasteiger charge is -2.10. The average molecular weight is 242 g/mol. The summed E-state index contributed by atoms with van der Waals surface area (Å²) >= 11 is 0. The molecule has 2 aromatic heterocycles. The van der Waals surface area contributed by atoms with Gasteiger partial charge in [0.15, 0.2) is 0 Å². The molecule has 0 saturated carbocycles. The lowest BCUT2D eigenvalue weighted by Crippen LogP contribution is -2.06. The van der Waals surface area contributed by atoms with Gasteiger partial charge >= 0.3 is 0 Å². The van der Waals surface area contributed by atoms with Crippen LogP contribution in [0.5, 0.6) is 0 Å². The van der Waals surface area contributed by atoms with E-state index in [0.717, 1.165) is 17.8 Å². The maximum absolute atomic E-state index is 10.1. The van der Waals surface area contributed by atoms with Gasteiger partial charge < -0.3 is 5.11 Å². The second kappa shape index (κ2) is 5.74. The van der Waals surface area contributed by atoms with Crippen molar-refractivity contribution in [1.29, 1.82) is 0 Å². The highest BCUT2D eigenvalue weighted by atomic mass is 16.3. The summed E-state index contributed by atoms with van der Waals surface area (Å²) in [5.74, 6) is 0. The standard InChI is InChI=1S/C15H18N2O/c1-3-12-7-8-13(16-10-12)9-15(18)14-6-4-5-11(2)17-14/h4-8,10,15,18H,3,9H2,1-2H3. The highest BCUT2D eigenvalue weighted by Gasteiger charge is 2.10. The van der Waals surface area contributed by atoms with E-state index in [4.69, 9.17) is 0 Å². The van der Waals surface area contributed by atoms with Crippen LogP contribution in [0.2, 0.25) is 0 Å². The lowest BCUT2D eigenvalue weighted by molar-refractivity contribution is 0.172. The molecule has 0 amide bonds. The zero-order valence-corrected chi connectivity index (χ0v) is 10.8. The van der Waals surface area contributed by atoms with Crippen LogP contribution in [0.15, 0.2) is 36.5 Å². The first-order valence-electron chi connectivity index (χ1n) is 6.24. The minimum atomic E-state index is -0.593. The maximum Gasteiger partial charge on any atom is 0.101 e. The van der Waals surface area contributed by atoms with Gasteiger partial charge in [-0.05, 0) is 37.1 Å². The van der Waals surface area contributed by atoms with Crippen LogP contribution < -0.4 is 0 Å². The van der Waals surface area contributed by atoms with E-state index in [9.17, 15) is 5.11 Å². The van der Waals surface area contributed by atoms with E-state index in [2.05, 4.69) is 23.0 Å². The third kappa shape index (κ3) is 3.14. The molecule has 3 nitrogen and oxygen atoms in total. The molecule has 1 N–H and O–H groups in total. The highest BCUT2D eigenvalue weighted by molar-refractivity contribution is 5.17. The minimum absolute atomic E-state index is 0.500. The lowest BCUT2D eigenvalue weighted by atomic mass is 10.1. The molecule has 0 aliphatic heterocycles. The van der Waals surface area contributed by atoms with Crippen molar-refractivity contribution in [1.82, 2.24) is 9.97 Å². The Morgan fingerprint density at radius 1 is 1.22 bits per heavy atom. The molecule has 94 valence electrons. The fourth-order valence-corrected chi connectivity index (χ4v) is 1.84. The molecule has 0 spiro atoms. The zero-order valence-electron chi connectivity index (χ0n) is 10.8. The Balaban J connectivity index is 2.08. The van der Waals surface area contributed by atoms with Gasteiger partial charge in [-0.1, -0.05) is 19.1 Å². The topological polar surface area (TPSA) is 46.0 Å². The summed E-state index contributed by atoms with van der Waals surface area (Å²) in [5.41, 5.74) is 3.72. The van der Waals surface area contributed by atoms with Gasteiger partial charge in [0.25, 0.3) is 0 Å². The fraction of sp³-hybridized carbons (Fsp3) is 0.333. The van der Waals surface area contributed by atoms with Crippen LogP contribution in [0, 0.1) is 6.92 Å². The quantitative estimate of drug-likeness (QED) is 0.896. The van der Waals surface area contributed by atoms with Crippen molar-refractivity contribution >= 4 is 0 Å². The second-order valence-corrected chi connectivity index (χ2v) is 4.44. The predicted molar refractivity (Wildman–Crippen MR) is 71.3 cm³/mol. The SMILES string of the molecule is CCc1ccc(CC(O)c2cccc(C)n2)nc1. The monoisotopic (exact) mass is 242 g/mol. The average Bonchev–Trinajstić information content (AvgIpc) is 2.39. The summed E-state index contributed by atoms with van der Waals surface area (Å²) in [5, 5.41) is 10.1. The molecular formula is C15H18N2O. The van der Waals surface area contributed by atoms with Gasteiger partial charge in [-0.2, -0.15) is 0 Å². The first-order chi connectivity index (χ1) is 8.69. The van der Waals surface area contributed by atoms with Gasteiger partial charge in [0.05, 0.1) is 5.69 Å². The van der Waals surface area contributed by atoms with Gasteiger partial charge in [0.2, 0.25) is 0 Å². The highest BCUT2D eigenvalue weighted by Crippen LogP contribution is 2.15. The molecule has 2 rings (SSSR count). The molecule has 18 heavy (non-hydrogen) atoms. The van der Waals surface area contributed by atoms with E-state index in [1.54, 1.807) is 0 Å². The van der Waals surface area contributed by atoms with Crippen molar-refractivity contribution in [2.24, 2.45) is 0 Å². The van der Waals surface area contributed by atoms with E-state index in [1.807, 2.05) is 37.4 Å². The van der Waals surface area contributed by atoms with Crippen LogP contribution in [0.1, 0.15) is 35.7 Å². The van der Waals surface area contributed by atoms with Crippen LogP contribution in [-0.4, -0.2) is 15.1 Å². The molecule has 2 aromatic rings. The van der Waals surface area contributed by atoms with Gasteiger partial charge in [-0.3, -0.25) is 9.97 Å². The Kier molecular flexibility index (Phi) is 4.05. The normalized spacial score (nSPS) is 12.4. The van der Waals surface area contributed by atoms with E-state index < -0.39 is 6.10 Å². The van der Waals surface area contributed by atoms with Crippen LogP contribution in [0.3, 0.4) is 0 Å². The Hall–Kier alpha value is -1.74. The van der Waals surface area contributed by atoms with Crippen LogP contribution in [0.4, 0.5) is 0 Å². The van der Waals surface area contributed by atoms with Crippen LogP contribution >= 0.6 is 0 Å². The summed E-state index contributed by atoms with van der Waals surface area (Å²) in [6, 6.07) is 9.70. The van der Waals surface area contributed by atoms with Gasteiger partial charge in [-0.25, -0.2) is 0 Å². The molecule has 0 aliphatic rings. The molecule has 0 bridgehead atoms. The summed E-state index contributed by atoms with van der Waals surface area (Å²) in [6.07, 6.45) is 2.76. The minimum Gasteiger partial charge on any atom is -0.386 e. The number of aliphatic hydroxyl groups excluding tert-OH is 1. The largest absolute Gasteiger partial charge is 0.386 e. The number of hydrogen-bond acceptors (Lipinski definition) is 3. The summed E-state index contributed by atoms with van der Waals surface area (Å²) < 4.78 is 0. The molecule has 2 heterocycles. The Morgan fingerprint density at radius 2 is 2.06 bits per heavy atom. The Bertz CT molecular complexity index is 508. The van der Waals surface area contributed by atoms with E-state index in [-0.39, 0.29) is 0 Å². The van der Waals surface area contributed by atoms with Gasteiger partial charge in [0.1, 0.15) is 6.10 Å². The van der Waals surface area contributed by atoms with Crippen molar-refractivity contribution in [3.05, 3.63) is 59.2 Å². The molecule has 0 aliphatic carbocycles. The number of aromatic nitrogens is 2. The molecule has 0 aromatic carbocycles. The first kappa shape index (κ1) is 12.7. The molecule has 0 saturated heterocycles. The molecule has 0 fully saturated rings. The Labute approximate surface area is 108 Å². The molecule has 1 unspecified atom stereocenters. The first-order valence-corrected chi connectivity index (χ1v) is 6.24. The number of hydrogen-bond donors (Lipinski definition) is 1. The van der Waals surface area contributed by atoms with Crippen LogP contribution in [0.25, 0.3) is 0 Å². The van der Waals surface area contributed by atoms with E-state index in [0.29, 0.717) is 12.1 Å². The van der Waals surface area contributed by atoms with Gasteiger partial charge in [-0.15, -0.1) is 0 Å². The number of nitrogens with zero attached hydrogens (tertiary/aromatic N) is 2. The third-order valence-corrected chi connectivity index (χ3v) is 2.95. The second-order valence-electron chi connectivity index (χ2n) is 4.44. The smallest absolute Gasteiger partial charge is 0.101 e. The molecular weight excluding hydrogens is 224 g/mol. The summed E-state index contributed by atoms with van der Waals surface area (Å²) in [4.78, 5) is 8.67. The number of rotatable bonds is 4. The third-order valence-electron chi connectivity index (χ3n) is 2.95. The maximum atomic E-state index is 10.1. The molecule has 1 atom stereocenters. The van der Waals surface area contributed by atoms with Crippen molar-refractivity contribution in [2.45, 2.75) is 32.8 Å².